The Balaban J connectivity index is 1.96. The van der Waals surface area contributed by atoms with Gasteiger partial charge in [0.15, 0.2) is 16.3 Å². The highest BCUT2D eigenvalue weighted by Crippen LogP contribution is 2.34. The number of ether oxygens (including phenoxy) is 3. The molecule has 170 valence electrons. The van der Waals surface area contributed by atoms with Gasteiger partial charge < -0.3 is 14.2 Å². The lowest BCUT2D eigenvalue weighted by atomic mass is 9.96. The van der Waals surface area contributed by atoms with Crippen molar-refractivity contribution in [3.8, 4) is 11.5 Å². The smallest absolute Gasteiger partial charge is 0.338 e. The summed E-state index contributed by atoms with van der Waals surface area (Å²) in [7, 11) is 4.41. The first-order chi connectivity index (χ1) is 15.9. The van der Waals surface area contributed by atoms with E-state index in [1.807, 2.05) is 12.1 Å². The predicted molar refractivity (Wildman–Crippen MR) is 127 cm³/mol. The third-order valence-corrected chi connectivity index (χ3v) is 6.66. The summed E-state index contributed by atoms with van der Waals surface area (Å²) < 4.78 is 17.6. The molecule has 0 aliphatic carbocycles. The molecule has 7 nitrogen and oxygen atoms in total. The number of methoxy groups -OCH3 is 3. The third kappa shape index (κ3) is 4.07. The highest BCUT2D eigenvalue weighted by Gasteiger charge is 2.34. The fourth-order valence-corrected chi connectivity index (χ4v) is 5.06. The summed E-state index contributed by atoms with van der Waals surface area (Å²) in [6, 6.07) is 11.7. The second kappa shape index (κ2) is 9.25. The van der Waals surface area contributed by atoms with Crippen molar-refractivity contribution >= 4 is 35.0 Å². The zero-order valence-electron chi connectivity index (χ0n) is 18.4. The van der Waals surface area contributed by atoms with E-state index < -0.39 is 12.0 Å². The average Bonchev–Trinajstić information content (AvgIpc) is 3.12. The fourth-order valence-electron chi connectivity index (χ4n) is 3.78. The van der Waals surface area contributed by atoms with E-state index in [1.54, 1.807) is 57.6 Å². The van der Waals surface area contributed by atoms with Gasteiger partial charge in [0.1, 0.15) is 6.04 Å². The van der Waals surface area contributed by atoms with Crippen LogP contribution < -0.4 is 24.4 Å². The number of benzene rings is 2. The Labute approximate surface area is 198 Å². The van der Waals surface area contributed by atoms with Crippen LogP contribution in [0.4, 0.5) is 0 Å². The number of nitrogens with zero attached hydrogens (tertiary/aromatic N) is 2. The molecule has 2 heterocycles. The van der Waals surface area contributed by atoms with Gasteiger partial charge in [0.25, 0.3) is 5.56 Å². The van der Waals surface area contributed by atoms with Gasteiger partial charge in [-0.2, -0.15) is 0 Å². The molecule has 1 aromatic heterocycles. The van der Waals surface area contributed by atoms with E-state index in [4.69, 9.17) is 25.8 Å². The number of allylic oxidation sites excluding steroid dienone is 1. The summed E-state index contributed by atoms with van der Waals surface area (Å²) in [6.45, 7) is 1.72. The standard InChI is InChI=1S/C24H21ClN2O5S/c1-13-20(23(29)32-4)21(15-7-5-6-8-16(15)25)27-22(28)19(33-24(27)26-13)12-14-9-10-17(30-2)18(11-14)31-3/h5-12,21H,1-4H3. The molecule has 1 unspecified atom stereocenters. The van der Waals surface area contributed by atoms with Crippen LogP contribution in [0.25, 0.3) is 6.08 Å². The molecule has 33 heavy (non-hydrogen) atoms. The van der Waals surface area contributed by atoms with Gasteiger partial charge in [-0.25, -0.2) is 9.79 Å². The number of thiazole rings is 1. The lowest BCUT2D eigenvalue weighted by Gasteiger charge is -2.25. The molecule has 2 aromatic carbocycles. The fraction of sp³-hybridized carbons (Fsp3) is 0.208. The Kier molecular flexibility index (Phi) is 6.40. The van der Waals surface area contributed by atoms with E-state index >= 15 is 0 Å². The van der Waals surface area contributed by atoms with E-state index in [1.165, 1.54) is 23.0 Å². The summed E-state index contributed by atoms with van der Waals surface area (Å²) in [5.74, 6) is 0.584. The highest BCUT2D eigenvalue weighted by molar-refractivity contribution is 7.07. The van der Waals surface area contributed by atoms with Crippen LogP contribution in [0.3, 0.4) is 0 Å². The first kappa shape index (κ1) is 22.8. The van der Waals surface area contributed by atoms with Crippen LogP contribution in [0.15, 0.2) is 63.5 Å². The van der Waals surface area contributed by atoms with Crippen LogP contribution in [0.1, 0.15) is 24.1 Å². The Morgan fingerprint density at radius 2 is 1.85 bits per heavy atom. The summed E-state index contributed by atoms with van der Waals surface area (Å²) in [5.41, 5.74) is 1.84. The topological polar surface area (TPSA) is 79.1 Å². The molecular formula is C24H21ClN2O5S. The van der Waals surface area contributed by atoms with Gasteiger partial charge in [0.05, 0.1) is 37.1 Å². The predicted octanol–water partition coefficient (Wildman–Crippen LogP) is 3.08. The number of hydrogen-bond donors (Lipinski definition) is 0. The molecule has 9 heteroatoms. The SMILES string of the molecule is COC(=O)C1=C(C)N=c2sc(=Cc3ccc(OC)c(OC)c3)c(=O)n2C1c1ccccc1Cl. The molecule has 1 aliphatic heterocycles. The molecular weight excluding hydrogens is 464 g/mol. The minimum atomic E-state index is -0.755. The minimum absolute atomic E-state index is 0.274. The van der Waals surface area contributed by atoms with E-state index in [0.29, 0.717) is 37.1 Å². The maximum atomic E-state index is 13.6. The van der Waals surface area contributed by atoms with E-state index in [-0.39, 0.29) is 11.1 Å². The summed E-state index contributed by atoms with van der Waals surface area (Å²) in [6.07, 6.45) is 1.76. The van der Waals surface area contributed by atoms with Crippen molar-refractivity contribution in [3.05, 3.63) is 89.6 Å². The Hall–Kier alpha value is -3.36. The van der Waals surface area contributed by atoms with Crippen molar-refractivity contribution in [2.75, 3.05) is 21.3 Å². The van der Waals surface area contributed by atoms with Crippen molar-refractivity contribution in [1.82, 2.24) is 4.57 Å². The van der Waals surface area contributed by atoms with Crippen molar-refractivity contribution < 1.29 is 19.0 Å². The number of aromatic nitrogens is 1. The first-order valence-electron chi connectivity index (χ1n) is 9.97. The zero-order chi connectivity index (χ0) is 23.7. The molecule has 4 rings (SSSR count). The Bertz CT molecular complexity index is 1450. The number of rotatable bonds is 5. The normalized spacial score (nSPS) is 15.7. The van der Waals surface area contributed by atoms with Gasteiger partial charge in [-0.1, -0.05) is 47.2 Å². The molecule has 0 bridgehead atoms. The van der Waals surface area contributed by atoms with Crippen LogP contribution in [0, 0.1) is 0 Å². The van der Waals surface area contributed by atoms with Crippen molar-refractivity contribution in [3.63, 3.8) is 0 Å². The van der Waals surface area contributed by atoms with Crippen LogP contribution in [0.2, 0.25) is 5.02 Å². The number of esters is 1. The maximum Gasteiger partial charge on any atom is 0.338 e. The zero-order valence-corrected chi connectivity index (χ0v) is 20.0. The van der Waals surface area contributed by atoms with Gasteiger partial charge in [-0.3, -0.25) is 9.36 Å². The van der Waals surface area contributed by atoms with Gasteiger partial charge in [0.2, 0.25) is 0 Å². The van der Waals surface area contributed by atoms with Crippen molar-refractivity contribution in [2.45, 2.75) is 13.0 Å². The van der Waals surface area contributed by atoms with E-state index in [9.17, 15) is 9.59 Å². The molecule has 0 saturated heterocycles. The Morgan fingerprint density at radius 1 is 1.12 bits per heavy atom. The van der Waals surface area contributed by atoms with Crippen molar-refractivity contribution in [2.24, 2.45) is 4.99 Å². The molecule has 3 aromatic rings. The Morgan fingerprint density at radius 3 is 2.52 bits per heavy atom. The third-order valence-electron chi connectivity index (χ3n) is 5.33. The van der Waals surface area contributed by atoms with Crippen LogP contribution >= 0.6 is 22.9 Å². The van der Waals surface area contributed by atoms with Crippen LogP contribution in [0.5, 0.6) is 11.5 Å². The van der Waals surface area contributed by atoms with Crippen LogP contribution in [-0.4, -0.2) is 31.9 Å². The maximum absolute atomic E-state index is 13.6. The first-order valence-corrected chi connectivity index (χ1v) is 11.2. The number of halogens is 1. The molecule has 0 amide bonds. The second-order valence-electron chi connectivity index (χ2n) is 7.21. The average molecular weight is 485 g/mol. The molecule has 0 radical (unpaired) electrons. The van der Waals surface area contributed by atoms with Gasteiger partial charge in [-0.05, 0) is 42.3 Å². The number of carbonyl (C=O) groups excluding carboxylic acids is 1. The van der Waals surface area contributed by atoms with Gasteiger partial charge >= 0.3 is 5.97 Å². The van der Waals surface area contributed by atoms with E-state index in [0.717, 1.165) is 5.56 Å². The quantitative estimate of drug-likeness (QED) is 0.520. The van der Waals surface area contributed by atoms with Crippen molar-refractivity contribution in [1.29, 1.82) is 0 Å². The molecule has 0 fully saturated rings. The molecule has 0 spiro atoms. The number of fused-ring (bicyclic) bond motifs is 1. The summed E-state index contributed by atoms with van der Waals surface area (Å²) in [5, 5.41) is 0.438. The largest absolute Gasteiger partial charge is 0.493 e. The lowest BCUT2D eigenvalue weighted by Crippen LogP contribution is -2.39. The summed E-state index contributed by atoms with van der Waals surface area (Å²) in [4.78, 5) is 31.3. The van der Waals surface area contributed by atoms with Gasteiger partial charge in [-0.15, -0.1) is 0 Å². The lowest BCUT2D eigenvalue weighted by molar-refractivity contribution is -0.136. The summed E-state index contributed by atoms with van der Waals surface area (Å²) >= 11 is 7.72. The van der Waals surface area contributed by atoms with Crippen LogP contribution in [-0.2, 0) is 9.53 Å². The van der Waals surface area contributed by atoms with Gasteiger partial charge in [0, 0.05) is 5.02 Å². The molecule has 0 saturated carbocycles. The number of carbonyl (C=O) groups is 1. The highest BCUT2D eigenvalue weighted by atomic mass is 35.5. The number of hydrogen-bond acceptors (Lipinski definition) is 7. The molecule has 1 atom stereocenters. The molecule has 1 aliphatic rings. The molecule has 0 N–H and O–H groups in total. The van der Waals surface area contributed by atoms with E-state index in [2.05, 4.69) is 4.99 Å². The monoisotopic (exact) mass is 484 g/mol. The second-order valence-corrected chi connectivity index (χ2v) is 8.63. The minimum Gasteiger partial charge on any atom is -0.493 e.